The van der Waals surface area contributed by atoms with E-state index in [1.54, 1.807) is 6.20 Å². The molecule has 0 spiro atoms. The molecular weight excluding hydrogens is 260 g/mol. The maximum Gasteiger partial charge on any atom is 0.128 e. The van der Waals surface area contributed by atoms with Crippen molar-refractivity contribution in [3.63, 3.8) is 0 Å². The number of anilines is 1. The van der Waals surface area contributed by atoms with Crippen molar-refractivity contribution < 1.29 is 10.2 Å². The number of rotatable bonds is 1. The fraction of sp³-hybridized carbons (Fsp3) is 0.500. The van der Waals surface area contributed by atoms with Crippen LogP contribution in [0, 0.1) is 6.92 Å². The zero-order valence-corrected chi connectivity index (χ0v) is 9.98. The van der Waals surface area contributed by atoms with E-state index >= 15 is 0 Å². The maximum atomic E-state index is 9.42. The molecule has 2 heterocycles. The zero-order valence-electron chi connectivity index (χ0n) is 8.39. The lowest BCUT2D eigenvalue weighted by molar-refractivity contribution is 0.0572. The molecule has 1 aromatic rings. The van der Waals surface area contributed by atoms with Gasteiger partial charge in [0.1, 0.15) is 5.82 Å². The Morgan fingerprint density at radius 3 is 2.53 bits per heavy atom. The lowest BCUT2D eigenvalue weighted by atomic mass is 10.3. The van der Waals surface area contributed by atoms with Gasteiger partial charge in [0.15, 0.2) is 0 Å². The van der Waals surface area contributed by atoms with Gasteiger partial charge in [-0.2, -0.15) is 0 Å². The van der Waals surface area contributed by atoms with Crippen LogP contribution in [0.15, 0.2) is 16.7 Å². The lowest BCUT2D eigenvalue weighted by Crippen LogP contribution is -2.22. The highest BCUT2D eigenvalue weighted by atomic mass is 79.9. The van der Waals surface area contributed by atoms with Crippen LogP contribution < -0.4 is 4.90 Å². The summed E-state index contributed by atoms with van der Waals surface area (Å²) in [5, 5.41) is 18.8. The topological polar surface area (TPSA) is 56.6 Å². The standard InChI is InChI=1S/C10H13BrN2O2/c1-6-2-10(12-3-7(6)11)13-4-8(14)9(15)5-13/h2-3,8-9,14-15H,4-5H2,1H3. The van der Waals surface area contributed by atoms with Crippen LogP contribution in [0.1, 0.15) is 5.56 Å². The molecule has 0 bridgehead atoms. The van der Waals surface area contributed by atoms with Crippen molar-refractivity contribution in [3.05, 3.63) is 22.3 Å². The quantitative estimate of drug-likeness (QED) is 0.790. The SMILES string of the molecule is Cc1cc(N2CC(O)C(O)C2)ncc1Br. The molecule has 1 aliphatic heterocycles. The van der Waals surface area contributed by atoms with Crippen LogP contribution in [0.4, 0.5) is 5.82 Å². The number of pyridine rings is 1. The Balaban J connectivity index is 2.20. The third-order valence-corrected chi connectivity index (χ3v) is 3.45. The molecule has 0 saturated carbocycles. The first kappa shape index (κ1) is 10.9. The number of aromatic nitrogens is 1. The van der Waals surface area contributed by atoms with Crippen molar-refractivity contribution >= 4 is 21.7 Å². The predicted octanol–water partition coefficient (Wildman–Crippen LogP) is 0.694. The molecule has 1 aromatic heterocycles. The van der Waals surface area contributed by atoms with Crippen LogP contribution in [-0.2, 0) is 0 Å². The summed E-state index contributed by atoms with van der Waals surface area (Å²) < 4.78 is 0.964. The number of halogens is 1. The van der Waals surface area contributed by atoms with Crippen molar-refractivity contribution in [2.45, 2.75) is 19.1 Å². The summed E-state index contributed by atoms with van der Waals surface area (Å²) in [5.74, 6) is 0.798. The van der Waals surface area contributed by atoms with Crippen LogP contribution in [0.3, 0.4) is 0 Å². The van der Waals surface area contributed by atoms with Crippen LogP contribution in [-0.4, -0.2) is 40.5 Å². The Labute approximate surface area is 96.7 Å². The van der Waals surface area contributed by atoms with Crippen LogP contribution in [0.5, 0.6) is 0 Å². The molecule has 5 heteroatoms. The van der Waals surface area contributed by atoms with Crippen molar-refractivity contribution in [3.8, 4) is 0 Å². The van der Waals surface area contributed by atoms with Gasteiger partial charge in [0.25, 0.3) is 0 Å². The summed E-state index contributed by atoms with van der Waals surface area (Å²) in [4.78, 5) is 6.13. The van der Waals surface area contributed by atoms with Crippen LogP contribution in [0.25, 0.3) is 0 Å². The average Bonchev–Trinajstić information content (AvgIpc) is 2.52. The molecule has 2 N–H and O–H groups in total. The summed E-state index contributed by atoms with van der Waals surface area (Å²) in [6.45, 7) is 2.86. The number of hydrogen-bond donors (Lipinski definition) is 2. The Kier molecular flexibility index (Phi) is 2.95. The smallest absolute Gasteiger partial charge is 0.128 e. The number of hydrogen-bond acceptors (Lipinski definition) is 4. The van der Waals surface area contributed by atoms with Gasteiger partial charge in [-0.3, -0.25) is 0 Å². The van der Waals surface area contributed by atoms with E-state index in [-0.39, 0.29) is 0 Å². The van der Waals surface area contributed by atoms with Gasteiger partial charge in [-0.1, -0.05) is 0 Å². The molecule has 15 heavy (non-hydrogen) atoms. The van der Waals surface area contributed by atoms with Gasteiger partial charge in [0, 0.05) is 23.8 Å². The average molecular weight is 273 g/mol. The minimum atomic E-state index is -0.671. The molecule has 2 rings (SSSR count). The van der Waals surface area contributed by atoms with Gasteiger partial charge in [-0.25, -0.2) is 4.98 Å². The minimum Gasteiger partial charge on any atom is -0.389 e. The minimum absolute atomic E-state index is 0.440. The Bertz CT molecular complexity index is 362. The third kappa shape index (κ3) is 2.14. The molecule has 1 aliphatic rings. The van der Waals surface area contributed by atoms with Crippen molar-refractivity contribution in [2.75, 3.05) is 18.0 Å². The first-order valence-electron chi connectivity index (χ1n) is 4.81. The molecule has 4 nitrogen and oxygen atoms in total. The van der Waals surface area contributed by atoms with E-state index in [0.29, 0.717) is 13.1 Å². The molecule has 0 radical (unpaired) electrons. The van der Waals surface area contributed by atoms with Crippen LogP contribution in [0.2, 0.25) is 0 Å². The highest BCUT2D eigenvalue weighted by Crippen LogP contribution is 2.23. The van der Waals surface area contributed by atoms with E-state index in [1.807, 2.05) is 17.9 Å². The van der Waals surface area contributed by atoms with Crippen molar-refractivity contribution in [1.82, 2.24) is 4.98 Å². The molecule has 1 fully saturated rings. The molecule has 0 aromatic carbocycles. The van der Waals surface area contributed by atoms with E-state index in [2.05, 4.69) is 20.9 Å². The number of aliphatic hydroxyl groups is 2. The first-order valence-corrected chi connectivity index (χ1v) is 5.60. The molecule has 2 atom stereocenters. The van der Waals surface area contributed by atoms with Gasteiger partial charge >= 0.3 is 0 Å². The van der Waals surface area contributed by atoms with E-state index in [0.717, 1.165) is 15.9 Å². The van der Waals surface area contributed by atoms with Gasteiger partial charge in [0.2, 0.25) is 0 Å². The summed E-state index contributed by atoms with van der Waals surface area (Å²) in [5.41, 5.74) is 1.09. The second-order valence-electron chi connectivity index (χ2n) is 3.83. The summed E-state index contributed by atoms with van der Waals surface area (Å²) in [6, 6.07) is 1.94. The van der Waals surface area contributed by atoms with Crippen molar-refractivity contribution in [1.29, 1.82) is 0 Å². The molecule has 82 valence electrons. The monoisotopic (exact) mass is 272 g/mol. The number of aryl methyl sites for hydroxylation is 1. The number of aliphatic hydroxyl groups excluding tert-OH is 2. The molecule has 1 saturated heterocycles. The number of nitrogens with zero attached hydrogens (tertiary/aromatic N) is 2. The summed E-state index contributed by atoms with van der Waals surface area (Å²) >= 11 is 3.38. The van der Waals surface area contributed by atoms with Crippen LogP contribution >= 0.6 is 15.9 Å². The second-order valence-corrected chi connectivity index (χ2v) is 4.69. The zero-order chi connectivity index (χ0) is 11.0. The lowest BCUT2D eigenvalue weighted by Gasteiger charge is -2.16. The second kappa shape index (κ2) is 4.08. The fourth-order valence-electron chi connectivity index (χ4n) is 1.65. The maximum absolute atomic E-state index is 9.42. The Morgan fingerprint density at radius 1 is 1.40 bits per heavy atom. The molecular formula is C10H13BrN2O2. The predicted molar refractivity (Wildman–Crippen MR) is 60.9 cm³/mol. The normalized spacial score (nSPS) is 26.0. The largest absolute Gasteiger partial charge is 0.389 e. The van der Waals surface area contributed by atoms with E-state index in [1.165, 1.54) is 0 Å². The first-order chi connectivity index (χ1) is 7.08. The molecule has 0 aliphatic carbocycles. The Hall–Kier alpha value is -0.650. The van der Waals surface area contributed by atoms with E-state index in [9.17, 15) is 10.2 Å². The van der Waals surface area contributed by atoms with Gasteiger partial charge in [-0.15, -0.1) is 0 Å². The van der Waals surface area contributed by atoms with Gasteiger partial charge < -0.3 is 15.1 Å². The number of β-amino-alcohol motifs (C(OH)–C–C–N with tert-alkyl or cyclic N) is 2. The molecule has 2 unspecified atom stereocenters. The molecule has 0 amide bonds. The van der Waals surface area contributed by atoms with Gasteiger partial charge in [0.05, 0.1) is 12.2 Å². The highest BCUT2D eigenvalue weighted by molar-refractivity contribution is 9.10. The van der Waals surface area contributed by atoms with E-state index < -0.39 is 12.2 Å². The highest BCUT2D eigenvalue weighted by Gasteiger charge is 2.30. The summed E-state index contributed by atoms with van der Waals surface area (Å²) in [7, 11) is 0. The Morgan fingerprint density at radius 2 is 2.00 bits per heavy atom. The fourth-order valence-corrected chi connectivity index (χ4v) is 1.87. The van der Waals surface area contributed by atoms with Gasteiger partial charge in [-0.05, 0) is 34.5 Å². The van der Waals surface area contributed by atoms with Crippen molar-refractivity contribution in [2.24, 2.45) is 0 Å². The van der Waals surface area contributed by atoms with E-state index in [4.69, 9.17) is 0 Å². The third-order valence-electron chi connectivity index (χ3n) is 2.62. The summed E-state index contributed by atoms with van der Waals surface area (Å²) in [6.07, 6.45) is 0.397.